The van der Waals surface area contributed by atoms with E-state index in [2.05, 4.69) is 31.0 Å². The summed E-state index contributed by atoms with van der Waals surface area (Å²) in [7, 11) is 0. The van der Waals surface area contributed by atoms with Crippen molar-refractivity contribution in [3.05, 3.63) is 23.0 Å². The molecule has 3 heteroatoms. The molecule has 90 valence electrons. The monoisotopic (exact) mass is 240 g/mol. The zero-order valence-electron chi connectivity index (χ0n) is 10.5. The molecule has 0 radical (unpaired) electrons. The molecule has 1 aromatic rings. The molecule has 0 spiro atoms. The molecule has 0 amide bonds. The van der Waals surface area contributed by atoms with Gasteiger partial charge in [-0.2, -0.15) is 5.10 Å². The molecular formula is C13H21ClN2. The van der Waals surface area contributed by atoms with Gasteiger partial charge in [-0.3, -0.25) is 0 Å². The summed E-state index contributed by atoms with van der Waals surface area (Å²) in [6.07, 6.45) is 5.96. The predicted octanol–water partition coefficient (Wildman–Crippen LogP) is 4.38. The number of hydrogen-bond donors (Lipinski definition) is 0. The third-order valence-corrected chi connectivity index (χ3v) is 3.34. The minimum Gasteiger partial charge on any atom is -0.154 e. The molecule has 0 bridgehead atoms. The molecular weight excluding hydrogens is 220 g/mol. The van der Waals surface area contributed by atoms with Crippen molar-refractivity contribution in [2.45, 2.75) is 58.3 Å². The molecule has 16 heavy (non-hydrogen) atoms. The normalized spacial score (nSPS) is 14.8. The average molecular weight is 241 g/mol. The van der Waals surface area contributed by atoms with Crippen LogP contribution in [0.25, 0.3) is 0 Å². The van der Waals surface area contributed by atoms with Gasteiger partial charge < -0.3 is 0 Å². The lowest BCUT2D eigenvalue weighted by molar-refractivity contribution is 0.369. The van der Waals surface area contributed by atoms with E-state index < -0.39 is 0 Å². The Morgan fingerprint density at radius 2 is 1.88 bits per heavy atom. The summed E-state index contributed by atoms with van der Waals surface area (Å²) in [4.78, 5) is 0. The van der Waals surface area contributed by atoms with Gasteiger partial charge in [-0.05, 0) is 25.0 Å². The van der Waals surface area contributed by atoms with E-state index >= 15 is 0 Å². The van der Waals surface area contributed by atoms with E-state index in [1.54, 1.807) is 0 Å². The molecule has 1 rings (SSSR count). The SMILES string of the molecule is CCCCC(C)(CCC)c1ccc(Cl)nn1. The van der Waals surface area contributed by atoms with E-state index in [0.29, 0.717) is 5.15 Å². The summed E-state index contributed by atoms with van der Waals surface area (Å²) in [6.45, 7) is 6.72. The molecule has 0 aliphatic heterocycles. The highest BCUT2D eigenvalue weighted by Crippen LogP contribution is 2.32. The number of hydrogen-bond acceptors (Lipinski definition) is 2. The van der Waals surface area contributed by atoms with Crippen LogP contribution in [0.15, 0.2) is 12.1 Å². The van der Waals surface area contributed by atoms with Crippen molar-refractivity contribution in [1.29, 1.82) is 0 Å². The summed E-state index contributed by atoms with van der Waals surface area (Å²) in [5.74, 6) is 0. The average Bonchev–Trinajstić information content (AvgIpc) is 2.27. The molecule has 0 saturated heterocycles. The van der Waals surface area contributed by atoms with Crippen LogP contribution in [0.5, 0.6) is 0 Å². The lowest BCUT2D eigenvalue weighted by atomic mass is 9.78. The van der Waals surface area contributed by atoms with Gasteiger partial charge in [-0.1, -0.05) is 51.6 Å². The summed E-state index contributed by atoms with van der Waals surface area (Å²) in [6, 6.07) is 3.85. The maximum atomic E-state index is 5.77. The topological polar surface area (TPSA) is 25.8 Å². The van der Waals surface area contributed by atoms with Crippen LogP contribution in [0.4, 0.5) is 0 Å². The Balaban J connectivity index is 2.86. The van der Waals surface area contributed by atoms with E-state index in [4.69, 9.17) is 11.6 Å². The first-order valence-corrected chi connectivity index (χ1v) is 6.50. The third kappa shape index (κ3) is 3.44. The number of unbranched alkanes of at least 4 members (excludes halogenated alkanes) is 1. The van der Waals surface area contributed by atoms with Gasteiger partial charge in [0.15, 0.2) is 5.15 Å². The van der Waals surface area contributed by atoms with E-state index in [0.717, 1.165) is 12.1 Å². The summed E-state index contributed by atoms with van der Waals surface area (Å²) in [5.41, 5.74) is 1.23. The highest BCUT2D eigenvalue weighted by Gasteiger charge is 2.26. The van der Waals surface area contributed by atoms with Crippen LogP contribution in [0.3, 0.4) is 0 Å². The molecule has 1 heterocycles. The van der Waals surface area contributed by atoms with Gasteiger partial charge in [0.2, 0.25) is 0 Å². The van der Waals surface area contributed by atoms with Crippen molar-refractivity contribution in [3.63, 3.8) is 0 Å². The maximum Gasteiger partial charge on any atom is 0.151 e. The summed E-state index contributed by atoms with van der Waals surface area (Å²) in [5, 5.41) is 8.66. The van der Waals surface area contributed by atoms with Crippen LogP contribution < -0.4 is 0 Å². The Morgan fingerprint density at radius 1 is 1.12 bits per heavy atom. The molecule has 1 aromatic heterocycles. The second-order valence-corrected chi connectivity index (χ2v) is 5.04. The maximum absolute atomic E-state index is 5.77. The Labute approximate surface area is 103 Å². The number of nitrogens with zero attached hydrogens (tertiary/aromatic N) is 2. The molecule has 0 aliphatic rings. The second kappa shape index (κ2) is 6.19. The van der Waals surface area contributed by atoms with Crippen LogP contribution in [0, 0.1) is 0 Å². The zero-order valence-corrected chi connectivity index (χ0v) is 11.2. The smallest absolute Gasteiger partial charge is 0.151 e. The van der Waals surface area contributed by atoms with Gasteiger partial charge in [-0.25, -0.2) is 0 Å². The molecule has 1 atom stereocenters. The van der Waals surface area contributed by atoms with Crippen molar-refractivity contribution in [1.82, 2.24) is 10.2 Å². The first kappa shape index (κ1) is 13.4. The van der Waals surface area contributed by atoms with Crippen LogP contribution >= 0.6 is 11.6 Å². The van der Waals surface area contributed by atoms with E-state index in [9.17, 15) is 0 Å². The van der Waals surface area contributed by atoms with E-state index in [1.807, 2.05) is 12.1 Å². The number of rotatable bonds is 6. The van der Waals surface area contributed by atoms with Crippen LogP contribution in [0.1, 0.15) is 58.6 Å². The fraction of sp³-hybridized carbons (Fsp3) is 0.692. The Bertz CT molecular complexity index is 310. The molecule has 0 aromatic carbocycles. The Morgan fingerprint density at radius 3 is 2.38 bits per heavy atom. The second-order valence-electron chi connectivity index (χ2n) is 4.66. The van der Waals surface area contributed by atoms with E-state index in [1.165, 1.54) is 25.7 Å². The first-order valence-electron chi connectivity index (χ1n) is 6.12. The van der Waals surface area contributed by atoms with Gasteiger partial charge in [-0.15, -0.1) is 5.10 Å². The lowest BCUT2D eigenvalue weighted by Crippen LogP contribution is -2.23. The van der Waals surface area contributed by atoms with Crippen molar-refractivity contribution < 1.29 is 0 Å². The van der Waals surface area contributed by atoms with Crippen molar-refractivity contribution in [2.24, 2.45) is 0 Å². The Hall–Kier alpha value is -0.630. The molecule has 0 N–H and O–H groups in total. The minimum absolute atomic E-state index is 0.155. The highest BCUT2D eigenvalue weighted by molar-refractivity contribution is 6.29. The van der Waals surface area contributed by atoms with Crippen molar-refractivity contribution in [2.75, 3.05) is 0 Å². The number of halogens is 1. The number of aromatic nitrogens is 2. The molecule has 1 unspecified atom stereocenters. The Kier molecular flexibility index (Phi) is 5.20. The van der Waals surface area contributed by atoms with Gasteiger partial charge >= 0.3 is 0 Å². The molecule has 0 aliphatic carbocycles. The van der Waals surface area contributed by atoms with Gasteiger partial charge in [0.05, 0.1) is 5.69 Å². The van der Waals surface area contributed by atoms with Crippen LogP contribution in [-0.2, 0) is 5.41 Å². The first-order chi connectivity index (χ1) is 7.62. The highest BCUT2D eigenvalue weighted by atomic mass is 35.5. The van der Waals surface area contributed by atoms with Crippen molar-refractivity contribution in [3.8, 4) is 0 Å². The lowest BCUT2D eigenvalue weighted by Gasteiger charge is -2.28. The van der Waals surface area contributed by atoms with Gasteiger partial charge in [0, 0.05) is 5.41 Å². The summed E-state index contributed by atoms with van der Waals surface area (Å²) < 4.78 is 0. The fourth-order valence-corrected chi connectivity index (χ4v) is 2.24. The fourth-order valence-electron chi connectivity index (χ4n) is 2.14. The quantitative estimate of drug-likeness (QED) is 0.738. The molecule has 0 saturated carbocycles. The summed E-state index contributed by atoms with van der Waals surface area (Å²) >= 11 is 5.77. The molecule has 2 nitrogen and oxygen atoms in total. The standard InChI is InChI=1S/C13H21ClN2/c1-4-6-10-13(3,9-5-2)11-7-8-12(14)16-15-11/h7-8H,4-6,9-10H2,1-3H3. The van der Waals surface area contributed by atoms with Crippen molar-refractivity contribution >= 4 is 11.6 Å². The minimum atomic E-state index is 0.155. The largest absolute Gasteiger partial charge is 0.154 e. The van der Waals surface area contributed by atoms with Gasteiger partial charge in [0.25, 0.3) is 0 Å². The van der Waals surface area contributed by atoms with E-state index in [-0.39, 0.29) is 5.41 Å². The molecule has 0 fully saturated rings. The predicted molar refractivity (Wildman–Crippen MR) is 68.8 cm³/mol. The third-order valence-electron chi connectivity index (χ3n) is 3.13. The zero-order chi connectivity index (χ0) is 12.0. The van der Waals surface area contributed by atoms with Gasteiger partial charge in [0.1, 0.15) is 0 Å². The van der Waals surface area contributed by atoms with Crippen LogP contribution in [-0.4, -0.2) is 10.2 Å². The van der Waals surface area contributed by atoms with Crippen LogP contribution in [0.2, 0.25) is 5.15 Å².